The second-order valence-corrected chi connectivity index (χ2v) is 9.54. The Labute approximate surface area is 183 Å². The van der Waals surface area contributed by atoms with E-state index in [0.29, 0.717) is 32.8 Å². The van der Waals surface area contributed by atoms with Crippen LogP contribution in [-0.4, -0.2) is 38.3 Å². The van der Waals surface area contributed by atoms with Crippen LogP contribution in [0.25, 0.3) is 0 Å². The number of carbonyl (C=O) groups excluding carboxylic acids is 1. The van der Waals surface area contributed by atoms with Crippen LogP contribution in [0.2, 0.25) is 5.02 Å². The molecule has 6 nitrogen and oxygen atoms in total. The Morgan fingerprint density at radius 2 is 1.80 bits per heavy atom. The second kappa shape index (κ2) is 10.4. The van der Waals surface area contributed by atoms with Crippen LogP contribution >= 0.6 is 11.6 Å². The maximum absolute atomic E-state index is 12.9. The fourth-order valence-corrected chi connectivity index (χ4v) is 5.19. The Morgan fingerprint density at radius 1 is 1.10 bits per heavy atom. The molecule has 1 amide bonds. The van der Waals surface area contributed by atoms with E-state index in [0.717, 1.165) is 30.4 Å². The topological polar surface area (TPSA) is 75.7 Å². The van der Waals surface area contributed by atoms with E-state index in [-0.39, 0.29) is 15.5 Å². The largest absolute Gasteiger partial charge is 0.377 e. The zero-order valence-electron chi connectivity index (χ0n) is 17.1. The van der Waals surface area contributed by atoms with Crippen molar-refractivity contribution in [3.8, 4) is 0 Å². The quantitative estimate of drug-likeness (QED) is 0.660. The van der Waals surface area contributed by atoms with E-state index < -0.39 is 15.9 Å². The van der Waals surface area contributed by atoms with Crippen molar-refractivity contribution >= 4 is 27.5 Å². The van der Waals surface area contributed by atoms with Crippen molar-refractivity contribution in [3.05, 3.63) is 64.2 Å². The third-order valence-corrected chi connectivity index (χ3v) is 7.38. The number of halogens is 1. The number of nitrogens with zero attached hydrogens (tertiary/aromatic N) is 1. The zero-order valence-corrected chi connectivity index (χ0v) is 18.6. The maximum Gasteiger partial charge on any atom is 0.253 e. The summed E-state index contributed by atoms with van der Waals surface area (Å²) in [5, 5.41) is 3.06. The molecule has 1 aliphatic heterocycles. The van der Waals surface area contributed by atoms with Gasteiger partial charge in [0.05, 0.1) is 22.1 Å². The lowest BCUT2D eigenvalue weighted by Gasteiger charge is -2.26. The number of piperidine rings is 1. The van der Waals surface area contributed by atoms with Crippen LogP contribution in [0.4, 0.5) is 0 Å². The highest BCUT2D eigenvalue weighted by Crippen LogP contribution is 2.25. The molecule has 2 aromatic rings. The third-order valence-electron chi connectivity index (χ3n) is 5.15. The lowest BCUT2D eigenvalue weighted by atomic mass is 10.1. The summed E-state index contributed by atoms with van der Waals surface area (Å²) in [6, 6.07) is 12.0. The molecule has 1 fully saturated rings. The fraction of sp³-hybridized carbons (Fsp3) is 0.409. The third kappa shape index (κ3) is 5.40. The number of rotatable bonds is 8. The SMILES string of the molecule is CCOCc1ccccc1CNC(=O)c1cc(S(=O)(=O)N2CCCCC2)ccc1Cl. The van der Waals surface area contributed by atoms with Gasteiger partial charge in [0.1, 0.15) is 0 Å². The molecule has 0 unspecified atom stereocenters. The summed E-state index contributed by atoms with van der Waals surface area (Å²) in [6.07, 6.45) is 2.73. The zero-order chi connectivity index (χ0) is 21.6. The summed E-state index contributed by atoms with van der Waals surface area (Å²) in [4.78, 5) is 12.9. The van der Waals surface area contributed by atoms with E-state index in [2.05, 4.69) is 5.32 Å². The minimum atomic E-state index is -3.64. The molecule has 0 aliphatic carbocycles. The minimum absolute atomic E-state index is 0.0932. The van der Waals surface area contributed by atoms with Crippen molar-refractivity contribution in [2.45, 2.75) is 44.2 Å². The Bertz CT molecular complexity index is 988. The van der Waals surface area contributed by atoms with Crippen LogP contribution in [-0.2, 0) is 27.9 Å². The molecule has 162 valence electrons. The molecular formula is C22H27ClN2O4S. The summed E-state index contributed by atoms with van der Waals surface area (Å²) in [5.74, 6) is -0.415. The first-order chi connectivity index (χ1) is 14.4. The van der Waals surface area contributed by atoms with Crippen LogP contribution in [0, 0.1) is 0 Å². The number of sulfonamides is 1. The first-order valence-electron chi connectivity index (χ1n) is 10.2. The van der Waals surface area contributed by atoms with Gasteiger partial charge in [-0.25, -0.2) is 8.42 Å². The van der Waals surface area contributed by atoms with E-state index in [1.54, 1.807) is 0 Å². The number of nitrogens with one attached hydrogen (secondary N) is 1. The van der Waals surface area contributed by atoms with Gasteiger partial charge in [-0.3, -0.25) is 4.79 Å². The molecule has 1 heterocycles. The molecule has 3 rings (SSSR count). The maximum atomic E-state index is 12.9. The van der Waals surface area contributed by atoms with Crippen molar-refractivity contribution < 1.29 is 17.9 Å². The minimum Gasteiger partial charge on any atom is -0.377 e. The van der Waals surface area contributed by atoms with Crippen LogP contribution in [0.1, 0.15) is 47.7 Å². The van der Waals surface area contributed by atoms with Crippen molar-refractivity contribution in [3.63, 3.8) is 0 Å². The number of carbonyl (C=O) groups is 1. The Balaban J connectivity index is 1.76. The summed E-state index contributed by atoms with van der Waals surface area (Å²) in [7, 11) is -3.64. The van der Waals surface area contributed by atoms with Gasteiger partial charge in [0.2, 0.25) is 10.0 Å². The lowest BCUT2D eigenvalue weighted by molar-refractivity contribution is 0.0949. The lowest BCUT2D eigenvalue weighted by Crippen LogP contribution is -2.35. The van der Waals surface area contributed by atoms with Crippen LogP contribution < -0.4 is 5.32 Å². The highest BCUT2D eigenvalue weighted by molar-refractivity contribution is 7.89. The van der Waals surface area contributed by atoms with Gasteiger partial charge in [-0.05, 0) is 49.1 Å². The molecule has 1 saturated heterocycles. The normalized spacial score (nSPS) is 15.1. The smallest absolute Gasteiger partial charge is 0.253 e. The molecule has 1 N–H and O–H groups in total. The Morgan fingerprint density at radius 3 is 2.50 bits per heavy atom. The summed E-state index contributed by atoms with van der Waals surface area (Å²) >= 11 is 6.22. The standard InChI is InChI=1S/C22H27ClN2O4S/c1-2-29-16-18-9-5-4-8-17(18)15-24-22(26)20-14-19(10-11-21(20)23)30(27,28)25-12-6-3-7-13-25/h4-5,8-11,14H,2-3,6-7,12-13,15-16H2,1H3,(H,24,26). The van der Waals surface area contributed by atoms with E-state index in [1.165, 1.54) is 22.5 Å². The summed E-state index contributed by atoms with van der Waals surface area (Å²) < 4.78 is 32.8. The average Bonchev–Trinajstić information content (AvgIpc) is 2.77. The predicted octanol–water partition coefficient (Wildman–Crippen LogP) is 3.98. The van der Waals surface area contributed by atoms with Crippen molar-refractivity contribution in [1.82, 2.24) is 9.62 Å². The van der Waals surface area contributed by atoms with Crippen LogP contribution in [0.5, 0.6) is 0 Å². The van der Waals surface area contributed by atoms with Gasteiger partial charge in [0.15, 0.2) is 0 Å². The van der Waals surface area contributed by atoms with Gasteiger partial charge in [-0.1, -0.05) is 42.3 Å². The van der Waals surface area contributed by atoms with Gasteiger partial charge >= 0.3 is 0 Å². The van der Waals surface area contributed by atoms with Gasteiger partial charge in [-0.15, -0.1) is 0 Å². The van der Waals surface area contributed by atoms with Gasteiger partial charge in [-0.2, -0.15) is 4.31 Å². The van der Waals surface area contributed by atoms with Crippen molar-refractivity contribution in [2.75, 3.05) is 19.7 Å². The van der Waals surface area contributed by atoms with Crippen molar-refractivity contribution in [2.24, 2.45) is 0 Å². The average molecular weight is 451 g/mol. The fourth-order valence-electron chi connectivity index (χ4n) is 3.45. The van der Waals surface area contributed by atoms with Crippen molar-refractivity contribution in [1.29, 1.82) is 0 Å². The van der Waals surface area contributed by atoms with Gasteiger partial charge in [0.25, 0.3) is 5.91 Å². The number of ether oxygens (including phenoxy) is 1. The van der Waals surface area contributed by atoms with Crippen LogP contribution in [0.15, 0.2) is 47.4 Å². The number of benzene rings is 2. The van der Waals surface area contributed by atoms with Gasteiger partial charge in [0, 0.05) is 26.2 Å². The predicted molar refractivity (Wildman–Crippen MR) is 117 cm³/mol. The molecule has 0 saturated carbocycles. The number of hydrogen-bond acceptors (Lipinski definition) is 4. The summed E-state index contributed by atoms with van der Waals surface area (Å²) in [5.41, 5.74) is 2.08. The highest BCUT2D eigenvalue weighted by Gasteiger charge is 2.27. The molecule has 0 atom stereocenters. The van der Waals surface area contributed by atoms with E-state index in [1.807, 2.05) is 31.2 Å². The Hall–Kier alpha value is -1.93. The molecular weight excluding hydrogens is 424 g/mol. The molecule has 1 aliphatic rings. The van der Waals surface area contributed by atoms with E-state index in [9.17, 15) is 13.2 Å². The Kier molecular flexibility index (Phi) is 7.88. The molecule has 2 aromatic carbocycles. The molecule has 0 spiro atoms. The summed E-state index contributed by atoms with van der Waals surface area (Å²) in [6.45, 7) is 4.30. The van der Waals surface area contributed by atoms with Crippen LogP contribution in [0.3, 0.4) is 0 Å². The van der Waals surface area contributed by atoms with Gasteiger partial charge < -0.3 is 10.1 Å². The molecule has 0 aromatic heterocycles. The molecule has 30 heavy (non-hydrogen) atoms. The monoisotopic (exact) mass is 450 g/mol. The molecule has 0 bridgehead atoms. The highest BCUT2D eigenvalue weighted by atomic mass is 35.5. The van der Waals surface area contributed by atoms with E-state index in [4.69, 9.17) is 16.3 Å². The second-order valence-electron chi connectivity index (χ2n) is 7.19. The van der Waals surface area contributed by atoms with E-state index >= 15 is 0 Å². The first kappa shape index (κ1) is 22.7. The first-order valence-corrected chi connectivity index (χ1v) is 12.0. The number of amides is 1. The molecule has 0 radical (unpaired) electrons. The molecule has 8 heteroatoms. The number of hydrogen-bond donors (Lipinski definition) is 1.